The molecule has 0 aliphatic carbocycles. The maximum atomic E-state index is 5.90. The number of aryl methyl sites for hydroxylation is 1. The van der Waals surface area contributed by atoms with E-state index in [-0.39, 0.29) is 5.41 Å². The molecule has 3 heteroatoms. The molecular formula is C17H22N2O. The normalized spacial score (nSPS) is 11.4. The lowest BCUT2D eigenvalue weighted by atomic mass is 9.82. The SMILES string of the molecule is CCC(C)(C)c1ccc(Oc2ncc(C)cc2N)cc1. The van der Waals surface area contributed by atoms with Crippen LogP contribution in [0.4, 0.5) is 5.69 Å². The number of hydrogen-bond donors (Lipinski definition) is 1. The second-order valence-corrected chi connectivity index (χ2v) is 5.77. The van der Waals surface area contributed by atoms with Crippen molar-refractivity contribution in [2.75, 3.05) is 5.73 Å². The molecule has 1 aromatic carbocycles. The molecule has 2 aromatic rings. The first-order valence-electron chi connectivity index (χ1n) is 6.93. The molecule has 2 rings (SSSR count). The maximum absolute atomic E-state index is 5.90. The fourth-order valence-corrected chi connectivity index (χ4v) is 1.95. The van der Waals surface area contributed by atoms with Gasteiger partial charge in [-0.3, -0.25) is 0 Å². The molecule has 0 unspecified atom stereocenters. The first-order chi connectivity index (χ1) is 9.42. The topological polar surface area (TPSA) is 48.1 Å². The van der Waals surface area contributed by atoms with Gasteiger partial charge < -0.3 is 10.5 Å². The van der Waals surface area contributed by atoms with E-state index in [2.05, 4.69) is 37.9 Å². The molecule has 106 valence electrons. The highest BCUT2D eigenvalue weighted by Gasteiger charge is 2.17. The van der Waals surface area contributed by atoms with Gasteiger partial charge in [0.25, 0.3) is 0 Å². The Balaban J connectivity index is 2.19. The number of hydrogen-bond acceptors (Lipinski definition) is 3. The van der Waals surface area contributed by atoms with Crippen LogP contribution in [-0.4, -0.2) is 4.98 Å². The lowest BCUT2D eigenvalue weighted by Crippen LogP contribution is -2.14. The summed E-state index contributed by atoms with van der Waals surface area (Å²) in [7, 11) is 0. The highest BCUT2D eigenvalue weighted by Crippen LogP contribution is 2.30. The van der Waals surface area contributed by atoms with Gasteiger partial charge in [-0.1, -0.05) is 32.9 Å². The molecule has 0 bridgehead atoms. The molecule has 1 heterocycles. The lowest BCUT2D eigenvalue weighted by Gasteiger charge is -2.23. The molecule has 0 amide bonds. The molecule has 2 N–H and O–H groups in total. The number of benzene rings is 1. The van der Waals surface area contributed by atoms with Crippen LogP contribution in [0.1, 0.15) is 38.3 Å². The summed E-state index contributed by atoms with van der Waals surface area (Å²) in [6.07, 6.45) is 2.85. The zero-order valence-electron chi connectivity index (χ0n) is 12.6. The first-order valence-corrected chi connectivity index (χ1v) is 6.93. The molecular weight excluding hydrogens is 248 g/mol. The van der Waals surface area contributed by atoms with Crippen LogP contribution in [0, 0.1) is 6.92 Å². The van der Waals surface area contributed by atoms with Gasteiger partial charge >= 0.3 is 0 Å². The van der Waals surface area contributed by atoms with Crippen molar-refractivity contribution in [3.8, 4) is 11.6 Å². The average Bonchev–Trinajstić information content (AvgIpc) is 2.42. The number of rotatable bonds is 4. The molecule has 0 fully saturated rings. The van der Waals surface area contributed by atoms with Crippen molar-refractivity contribution in [2.45, 2.75) is 39.5 Å². The Labute approximate surface area is 120 Å². The van der Waals surface area contributed by atoms with Crippen molar-refractivity contribution >= 4 is 5.69 Å². The summed E-state index contributed by atoms with van der Waals surface area (Å²) >= 11 is 0. The molecule has 0 radical (unpaired) electrons. The summed E-state index contributed by atoms with van der Waals surface area (Å²) in [4.78, 5) is 4.21. The van der Waals surface area contributed by atoms with E-state index in [1.54, 1.807) is 6.20 Å². The Hall–Kier alpha value is -2.03. The van der Waals surface area contributed by atoms with Crippen LogP contribution in [0.2, 0.25) is 0 Å². The van der Waals surface area contributed by atoms with Crippen LogP contribution < -0.4 is 10.5 Å². The minimum Gasteiger partial charge on any atom is -0.437 e. The van der Waals surface area contributed by atoms with Gasteiger partial charge in [-0.25, -0.2) is 4.98 Å². The second-order valence-electron chi connectivity index (χ2n) is 5.77. The number of aromatic nitrogens is 1. The molecule has 0 aliphatic rings. The van der Waals surface area contributed by atoms with Crippen molar-refractivity contribution in [2.24, 2.45) is 0 Å². The average molecular weight is 270 g/mol. The third kappa shape index (κ3) is 3.10. The number of anilines is 1. The Bertz CT molecular complexity index is 588. The monoisotopic (exact) mass is 270 g/mol. The lowest BCUT2D eigenvalue weighted by molar-refractivity contribution is 0.462. The van der Waals surface area contributed by atoms with Crippen LogP contribution in [0.5, 0.6) is 11.6 Å². The van der Waals surface area contributed by atoms with Crippen molar-refractivity contribution in [3.05, 3.63) is 47.7 Å². The van der Waals surface area contributed by atoms with Crippen molar-refractivity contribution in [1.29, 1.82) is 0 Å². The zero-order chi connectivity index (χ0) is 14.8. The Morgan fingerprint density at radius 3 is 2.40 bits per heavy atom. The molecule has 0 spiro atoms. The minimum atomic E-state index is 0.180. The molecule has 0 saturated heterocycles. The number of nitrogens with two attached hydrogens (primary N) is 1. The van der Waals surface area contributed by atoms with E-state index in [1.165, 1.54) is 5.56 Å². The summed E-state index contributed by atoms with van der Waals surface area (Å²) in [5.41, 5.74) is 8.97. The summed E-state index contributed by atoms with van der Waals surface area (Å²) in [5, 5.41) is 0. The summed E-state index contributed by atoms with van der Waals surface area (Å²) in [6.45, 7) is 8.63. The summed E-state index contributed by atoms with van der Waals surface area (Å²) in [6, 6.07) is 9.99. The van der Waals surface area contributed by atoms with E-state index in [9.17, 15) is 0 Å². The van der Waals surface area contributed by atoms with E-state index >= 15 is 0 Å². The highest BCUT2D eigenvalue weighted by atomic mass is 16.5. The van der Waals surface area contributed by atoms with Gasteiger partial charge in [-0.05, 0) is 48.1 Å². The van der Waals surface area contributed by atoms with Crippen molar-refractivity contribution in [1.82, 2.24) is 4.98 Å². The highest BCUT2D eigenvalue weighted by molar-refractivity contribution is 5.51. The van der Waals surface area contributed by atoms with Gasteiger partial charge in [0.1, 0.15) is 5.75 Å². The van der Waals surface area contributed by atoms with Gasteiger partial charge in [0.2, 0.25) is 5.88 Å². The van der Waals surface area contributed by atoms with Gasteiger partial charge in [-0.15, -0.1) is 0 Å². The minimum absolute atomic E-state index is 0.180. The summed E-state index contributed by atoms with van der Waals surface area (Å²) in [5.74, 6) is 1.21. The third-order valence-electron chi connectivity index (χ3n) is 3.75. The van der Waals surface area contributed by atoms with Crippen LogP contribution in [0.15, 0.2) is 36.5 Å². The van der Waals surface area contributed by atoms with E-state index in [1.807, 2.05) is 25.1 Å². The number of nitrogen functional groups attached to an aromatic ring is 1. The molecule has 0 atom stereocenters. The number of ether oxygens (including phenoxy) is 1. The second kappa shape index (κ2) is 5.53. The Morgan fingerprint density at radius 1 is 1.20 bits per heavy atom. The Morgan fingerprint density at radius 2 is 1.85 bits per heavy atom. The molecule has 1 aromatic heterocycles. The third-order valence-corrected chi connectivity index (χ3v) is 3.75. The predicted octanol–water partition coefficient (Wildman–Crippen LogP) is 4.45. The molecule has 0 saturated carbocycles. The quantitative estimate of drug-likeness (QED) is 0.892. The van der Waals surface area contributed by atoms with E-state index < -0.39 is 0 Å². The Kier molecular flexibility index (Phi) is 3.98. The van der Waals surface area contributed by atoms with Gasteiger partial charge in [-0.2, -0.15) is 0 Å². The molecule has 3 nitrogen and oxygen atoms in total. The van der Waals surface area contributed by atoms with E-state index in [0.29, 0.717) is 11.6 Å². The van der Waals surface area contributed by atoms with Gasteiger partial charge in [0.15, 0.2) is 0 Å². The van der Waals surface area contributed by atoms with Gasteiger partial charge in [0.05, 0.1) is 5.69 Å². The molecule has 20 heavy (non-hydrogen) atoms. The van der Waals surface area contributed by atoms with Crippen LogP contribution in [-0.2, 0) is 5.41 Å². The smallest absolute Gasteiger partial charge is 0.242 e. The standard InChI is InChI=1S/C17H22N2O/c1-5-17(3,4)13-6-8-14(9-7-13)20-16-15(18)10-12(2)11-19-16/h6-11H,5,18H2,1-4H3. The number of nitrogens with zero attached hydrogens (tertiary/aromatic N) is 1. The van der Waals surface area contributed by atoms with Crippen LogP contribution in [0.3, 0.4) is 0 Å². The first kappa shape index (κ1) is 14.4. The van der Waals surface area contributed by atoms with E-state index in [0.717, 1.165) is 17.7 Å². The fraction of sp³-hybridized carbons (Fsp3) is 0.353. The van der Waals surface area contributed by atoms with Gasteiger partial charge in [0, 0.05) is 6.20 Å². The zero-order valence-corrected chi connectivity index (χ0v) is 12.6. The largest absolute Gasteiger partial charge is 0.437 e. The summed E-state index contributed by atoms with van der Waals surface area (Å²) < 4.78 is 5.73. The molecule has 0 aliphatic heterocycles. The predicted molar refractivity (Wildman–Crippen MR) is 83.2 cm³/mol. The van der Waals surface area contributed by atoms with Crippen LogP contribution in [0.25, 0.3) is 0 Å². The number of pyridine rings is 1. The van der Waals surface area contributed by atoms with Crippen molar-refractivity contribution in [3.63, 3.8) is 0 Å². The van der Waals surface area contributed by atoms with Crippen LogP contribution >= 0.6 is 0 Å². The maximum Gasteiger partial charge on any atom is 0.242 e. The van der Waals surface area contributed by atoms with E-state index in [4.69, 9.17) is 10.5 Å². The van der Waals surface area contributed by atoms with Crippen molar-refractivity contribution < 1.29 is 4.74 Å². The fourth-order valence-electron chi connectivity index (χ4n) is 1.95.